The molecule has 0 amide bonds. The maximum atomic E-state index is 12.6. The predicted octanol–water partition coefficient (Wildman–Crippen LogP) is 4.75. The topological polar surface area (TPSA) is 4.93 Å². The lowest BCUT2D eigenvalue weighted by molar-refractivity contribution is -0.137. The van der Waals surface area contributed by atoms with Crippen LogP contribution in [0.25, 0.3) is 10.9 Å². The van der Waals surface area contributed by atoms with Crippen LogP contribution in [0.5, 0.6) is 0 Å². The summed E-state index contributed by atoms with van der Waals surface area (Å²) in [5.74, 6) is 0. The Labute approximate surface area is 105 Å². The molecular formula is C12H11BrF3N. The van der Waals surface area contributed by atoms with Crippen LogP contribution in [0, 0.1) is 6.92 Å². The Morgan fingerprint density at radius 1 is 1.29 bits per heavy atom. The van der Waals surface area contributed by atoms with Gasteiger partial charge in [-0.05, 0) is 53.5 Å². The van der Waals surface area contributed by atoms with Gasteiger partial charge in [-0.2, -0.15) is 13.2 Å². The van der Waals surface area contributed by atoms with E-state index >= 15 is 0 Å². The molecule has 1 nitrogen and oxygen atoms in total. The van der Waals surface area contributed by atoms with E-state index in [9.17, 15) is 13.2 Å². The number of fused-ring (bicyclic) bond motifs is 1. The third-order valence-electron chi connectivity index (χ3n) is 2.88. The van der Waals surface area contributed by atoms with Gasteiger partial charge in [0.1, 0.15) is 0 Å². The molecule has 0 saturated heterocycles. The van der Waals surface area contributed by atoms with Crippen LogP contribution in [0.15, 0.2) is 22.8 Å². The van der Waals surface area contributed by atoms with Crippen molar-refractivity contribution < 1.29 is 13.2 Å². The number of benzene rings is 1. The molecule has 2 aromatic rings. The lowest BCUT2D eigenvalue weighted by Crippen LogP contribution is -2.04. The van der Waals surface area contributed by atoms with Crippen molar-refractivity contribution in [2.75, 3.05) is 0 Å². The zero-order valence-electron chi connectivity index (χ0n) is 9.40. The quantitative estimate of drug-likeness (QED) is 0.716. The van der Waals surface area contributed by atoms with Crippen LogP contribution in [-0.2, 0) is 12.7 Å². The van der Waals surface area contributed by atoms with Gasteiger partial charge in [-0.1, -0.05) is 0 Å². The van der Waals surface area contributed by atoms with Gasteiger partial charge in [0, 0.05) is 17.4 Å². The number of hydrogen-bond acceptors (Lipinski definition) is 0. The van der Waals surface area contributed by atoms with Gasteiger partial charge in [0.2, 0.25) is 0 Å². The number of hydrogen-bond donors (Lipinski definition) is 0. The average molecular weight is 306 g/mol. The lowest BCUT2D eigenvalue weighted by atomic mass is 10.1. The van der Waals surface area contributed by atoms with Crippen molar-refractivity contribution in [2.45, 2.75) is 26.6 Å². The molecule has 0 unspecified atom stereocenters. The fraction of sp³-hybridized carbons (Fsp3) is 0.333. The Morgan fingerprint density at radius 3 is 2.47 bits per heavy atom. The Hall–Kier alpha value is -0.970. The Balaban J connectivity index is 2.75. The summed E-state index contributed by atoms with van der Waals surface area (Å²) in [6.07, 6.45) is -4.29. The molecule has 2 rings (SSSR count). The first-order valence-corrected chi connectivity index (χ1v) is 6.01. The van der Waals surface area contributed by atoms with E-state index in [1.807, 2.05) is 18.4 Å². The van der Waals surface area contributed by atoms with Gasteiger partial charge in [-0.15, -0.1) is 0 Å². The van der Waals surface area contributed by atoms with Crippen LogP contribution >= 0.6 is 15.9 Å². The van der Waals surface area contributed by atoms with E-state index in [4.69, 9.17) is 0 Å². The summed E-state index contributed by atoms with van der Waals surface area (Å²) >= 11 is 3.41. The van der Waals surface area contributed by atoms with E-state index in [0.717, 1.165) is 28.3 Å². The summed E-state index contributed by atoms with van der Waals surface area (Å²) in [5, 5.41) is 0.647. The van der Waals surface area contributed by atoms with Crippen LogP contribution in [0.4, 0.5) is 13.2 Å². The van der Waals surface area contributed by atoms with Gasteiger partial charge < -0.3 is 4.57 Å². The number of aromatic nitrogens is 1. The standard InChI is InChI=1S/C12H11BrF3N/c1-3-17-10-5-4-8(12(14,15)16)6-9(10)7(2)11(17)13/h4-6H,3H2,1-2H3. The summed E-state index contributed by atoms with van der Waals surface area (Å²) in [6.45, 7) is 4.50. The summed E-state index contributed by atoms with van der Waals surface area (Å²) < 4.78 is 40.6. The van der Waals surface area contributed by atoms with Gasteiger partial charge in [0.25, 0.3) is 0 Å². The van der Waals surface area contributed by atoms with Crippen LogP contribution in [0.1, 0.15) is 18.1 Å². The average Bonchev–Trinajstić information content (AvgIpc) is 2.50. The first-order valence-electron chi connectivity index (χ1n) is 5.21. The Bertz CT molecular complexity index is 569. The highest BCUT2D eigenvalue weighted by Gasteiger charge is 2.31. The predicted molar refractivity (Wildman–Crippen MR) is 65.1 cm³/mol. The third kappa shape index (κ3) is 1.97. The van der Waals surface area contributed by atoms with E-state index in [1.54, 1.807) is 0 Å². The van der Waals surface area contributed by atoms with Crippen LogP contribution < -0.4 is 0 Å². The zero-order valence-corrected chi connectivity index (χ0v) is 11.0. The minimum Gasteiger partial charge on any atom is -0.335 e. The second-order valence-electron chi connectivity index (χ2n) is 3.89. The van der Waals surface area contributed by atoms with Crippen LogP contribution in [0.2, 0.25) is 0 Å². The van der Waals surface area contributed by atoms with Crippen molar-refractivity contribution in [2.24, 2.45) is 0 Å². The monoisotopic (exact) mass is 305 g/mol. The van der Waals surface area contributed by atoms with Crippen molar-refractivity contribution in [1.82, 2.24) is 4.57 Å². The normalized spacial score (nSPS) is 12.4. The van der Waals surface area contributed by atoms with Gasteiger partial charge in [-0.25, -0.2) is 0 Å². The van der Waals surface area contributed by atoms with E-state index in [0.29, 0.717) is 5.39 Å². The molecule has 0 bridgehead atoms. The number of nitrogens with zero attached hydrogens (tertiary/aromatic N) is 1. The molecule has 0 saturated carbocycles. The van der Waals surface area contributed by atoms with Gasteiger partial charge in [-0.3, -0.25) is 0 Å². The third-order valence-corrected chi connectivity index (χ3v) is 3.90. The molecule has 1 aromatic carbocycles. The Kier molecular flexibility index (Phi) is 2.97. The summed E-state index contributed by atoms with van der Waals surface area (Å²) in [6, 6.07) is 3.86. The molecule has 1 aromatic heterocycles. The van der Waals surface area contributed by atoms with E-state index in [1.165, 1.54) is 12.1 Å². The molecular weight excluding hydrogens is 295 g/mol. The zero-order chi connectivity index (χ0) is 12.8. The number of rotatable bonds is 1. The Morgan fingerprint density at radius 2 is 1.94 bits per heavy atom. The molecule has 1 heterocycles. The first-order chi connectivity index (χ1) is 7.86. The molecule has 5 heteroatoms. The van der Waals surface area contributed by atoms with Crippen molar-refractivity contribution >= 4 is 26.8 Å². The maximum absolute atomic E-state index is 12.6. The molecule has 0 radical (unpaired) electrons. The molecule has 0 aliphatic carbocycles. The molecule has 0 spiro atoms. The van der Waals surface area contributed by atoms with Gasteiger partial charge in [0.05, 0.1) is 10.2 Å². The lowest BCUT2D eigenvalue weighted by Gasteiger charge is -2.07. The van der Waals surface area contributed by atoms with Crippen LogP contribution in [0.3, 0.4) is 0 Å². The fourth-order valence-corrected chi connectivity index (χ4v) is 2.63. The summed E-state index contributed by atoms with van der Waals surface area (Å²) in [7, 11) is 0. The smallest absolute Gasteiger partial charge is 0.335 e. The number of aryl methyl sites for hydroxylation is 2. The van der Waals surface area contributed by atoms with Crippen LogP contribution in [-0.4, -0.2) is 4.57 Å². The minimum atomic E-state index is -4.29. The highest BCUT2D eigenvalue weighted by molar-refractivity contribution is 9.10. The molecule has 0 aliphatic heterocycles. The molecule has 0 fully saturated rings. The summed E-state index contributed by atoms with van der Waals surface area (Å²) in [5.41, 5.74) is 1.06. The highest BCUT2D eigenvalue weighted by Crippen LogP contribution is 2.35. The molecule has 0 atom stereocenters. The second-order valence-corrected chi connectivity index (χ2v) is 4.64. The SMILES string of the molecule is CCn1c(Br)c(C)c2cc(C(F)(F)F)ccc21. The fourth-order valence-electron chi connectivity index (χ4n) is 1.98. The van der Waals surface area contributed by atoms with Crippen molar-refractivity contribution in [3.05, 3.63) is 33.9 Å². The highest BCUT2D eigenvalue weighted by atomic mass is 79.9. The van der Waals surface area contributed by atoms with Gasteiger partial charge >= 0.3 is 6.18 Å². The molecule has 92 valence electrons. The van der Waals surface area contributed by atoms with Crippen molar-refractivity contribution in [3.63, 3.8) is 0 Å². The molecule has 0 aliphatic rings. The van der Waals surface area contributed by atoms with Crippen molar-refractivity contribution in [1.29, 1.82) is 0 Å². The van der Waals surface area contributed by atoms with E-state index in [-0.39, 0.29) is 0 Å². The maximum Gasteiger partial charge on any atom is 0.416 e. The van der Waals surface area contributed by atoms with E-state index < -0.39 is 11.7 Å². The largest absolute Gasteiger partial charge is 0.416 e. The number of halogens is 4. The summed E-state index contributed by atoms with van der Waals surface area (Å²) in [4.78, 5) is 0. The number of alkyl halides is 3. The van der Waals surface area contributed by atoms with Gasteiger partial charge in [0.15, 0.2) is 0 Å². The molecule has 17 heavy (non-hydrogen) atoms. The first kappa shape index (κ1) is 12.5. The van der Waals surface area contributed by atoms with Crippen molar-refractivity contribution in [3.8, 4) is 0 Å². The molecule has 0 N–H and O–H groups in total. The minimum absolute atomic E-state index is 0.603. The second kappa shape index (κ2) is 4.05. The van der Waals surface area contributed by atoms with E-state index in [2.05, 4.69) is 15.9 Å².